The predicted octanol–water partition coefficient (Wildman–Crippen LogP) is 0.421. The lowest BCUT2D eigenvalue weighted by atomic mass is 10.1. The van der Waals surface area contributed by atoms with Crippen LogP contribution >= 0.6 is 0 Å². The normalized spacial score (nSPS) is 13.0. The third-order valence-corrected chi connectivity index (χ3v) is 4.18. The Morgan fingerprint density at radius 3 is 2.63 bits per heavy atom. The SMILES string of the molecule is N#Cc1ccc(NC(=O)C(O)Cn2cc(S(N)(=O)=O)cn2)cc1C(F)(F)F. The van der Waals surface area contributed by atoms with Crippen molar-refractivity contribution in [3.05, 3.63) is 41.7 Å². The second-order valence-electron chi connectivity index (χ2n) is 5.32. The van der Waals surface area contributed by atoms with Gasteiger partial charge in [-0.3, -0.25) is 9.48 Å². The third-order valence-electron chi connectivity index (χ3n) is 3.31. The molecule has 1 unspecified atom stereocenters. The Morgan fingerprint density at radius 1 is 1.44 bits per heavy atom. The van der Waals surface area contributed by atoms with Crippen LogP contribution in [0.5, 0.6) is 0 Å². The van der Waals surface area contributed by atoms with E-state index in [1.54, 1.807) is 0 Å². The van der Waals surface area contributed by atoms with E-state index >= 15 is 0 Å². The first-order valence-corrected chi connectivity index (χ1v) is 8.62. The number of benzene rings is 1. The number of halogens is 3. The molecule has 13 heteroatoms. The van der Waals surface area contributed by atoms with Gasteiger partial charge in [0, 0.05) is 11.9 Å². The number of amides is 1. The molecule has 27 heavy (non-hydrogen) atoms. The number of hydrogen-bond donors (Lipinski definition) is 3. The number of nitrogens with two attached hydrogens (primary N) is 1. The summed E-state index contributed by atoms with van der Waals surface area (Å²) >= 11 is 0. The van der Waals surface area contributed by atoms with Gasteiger partial charge in [-0.15, -0.1) is 0 Å². The summed E-state index contributed by atoms with van der Waals surface area (Å²) in [4.78, 5) is 11.6. The number of carbonyl (C=O) groups excluding carboxylic acids is 1. The van der Waals surface area contributed by atoms with E-state index in [0.717, 1.165) is 29.2 Å². The van der Waals surface area contributed by atoms with E-state index < -0.39 is 45.9 Å². The summed E-state index contributed by atoms with van der Waals surface area (Å²) < 4.78 is 62.0. The van der Waals surface area contributed by atoms with E-state index in [2.05, 4.69) is 10.4 Å². The van der Waals surface area contributed by atoms with Crippen LogP contribution < -0.4 is 10.5 Å². The van der Waals surface area contributed by atoms with Gasteiger partial charge in [-0.25, -0.2) is 13.6 Å². The maximum atomic E-state index is 12.9. The smallest absolute Gasteiger partial charge is 0.381 e. The highest BCUT2D eigenvalue weighted by Gasteiger charge is 2.34. The highest BCUT2D eigenvalue weighted by Crippen LogP contribution is 2.33. The van der Waals surface area contributed by atoms with E-state index in [9.17, 15) is 31.5 Å². The van der Waals surface area contributed by atoms with Crippen LogP contribution in [0, 0.1) is 11.3 Å². The van der Waals surface area contributed by atoms with Gasteiger partial charge in [0.1, 0.15) is 4.90 Å². The van der Waals surface area contributed by atoms with Crippen LogP contribution in [-0.2, 0) is 27.5 Å². The van der Waals surface area contributed by atoms with Crippen molar-refractivity contribution < 1.29 is 31.5 Å². The van der Waals surface area contributed by atoms with Gasteiger partial charge in [0.2, 0.25) is 10.0 Å². The summed E-state index contributed by atoms with van der Waals surface area (Å²) in [7, 11) is -4.01. The van der Waals surface area contributed by atoms with Crippen molar-refractivity contribution >= 4 is 21.6 Å². The van der Waals surface area contributed by atoms with E-state index in [-0.39, 0.29) is 10.6 Å². The summed E-state index contributed by atoms with van der Waals surface area (Å²) in [5.41, 5.74) is -2.13. The quantitative estimate of drug-likeness (QED) is 0.658. The summed E-state index contributed by atoms with van der Waals surface area (Å²) in [5.74, 6) is -1.06. The monoisotopic (exact) mass is 403 g/mol. The Kier molecular flexibility index (Phi) is 5.54. The fourth-order valence-corrected chi connectivity index (χ4v) is 2.49. The molecule has 1 aromatic heterocycles. The van der Waals surface area contributed by atoms with Crippen molar-refractivity contribution in [1.29, 1.82) is 5.26 Å². The molecule has 2 rings (SSSR count). The maximum Gasteiger partial charge on any atom is 0.417 e. The van der Waals surface area contributed by atoms with Gasteiger partial charge in [0.05, 0.1) is 29.9 Å². The number of hydrogen-bond acceptors (Lipinski definition) is 6. The van der Waals surface area contributed by atoms with Gasteiger partial charge in [-0.1, -0.05) is 0 Å². The van der Waals surface area contributed by atoms with Crippen molar-refractivity contribution in [1.82, 2.24) is 9.78 Å². The zero-order valence-corrected chi connectivity index (χ0v) is 14.1. The van der Waals surface area contributed by atoms with Gasteiger partial charge < -0.3 is 10.4 Å². The summed E-state index contributed by atoms with van der Waals surface area (Å²) in [6.45, 7) is -0.468. The average Bonchev–Trinajstić information content (AvgIpc) is 3.02. The van der Waals surface area contributed by atoms with Crippen molar-refractivity contribution in [2.24, 2.45) is 5.14 Å². The lowest BCUT2D eigenvalue weighted by molar-refractivity contribution is -0.137. The fraction of sp³-hybridized carbons (Fsp3) is 0.214. The Hall–Kier alpha value is -2.95. The summed E-state index contributed by atoms with van der Waals surface area (Å²) in [6, 6.07) is 3.93. The molecule has 4 N–H and O–H groups in total. The number of nitriles is 1. The molecule has 0 aliphatic rings. The Labute approximate surface area is 150 Å². The zero-order valence-electron chi connectivity index (χ0n) is 13.3. The molecule has 1 atom stereocenters. The van der Waals surface area contributed by atoms with Crippen molar-refractivity contribution in [3.63, 3.8) is 0 Å². The largest absolute Gasteiger partial charge is 0.417 e. The van der Waals surface area contributed by atoms with Crippen LogP contribution in [0.4, 0.5) is 18.9 Å². The molecule has 0 saturated carbocycles. The van der Waals surface area contributed by atoms with Crippen molar-refractivity contribution in [3.8, 4) is 6.07 Å². The lowest BCUT2D eigenvalue weighted by Gasteiger charge is -2.14. The number of primary sulfonamides is 1. The number of aromatic nitrogens is 2. The first kappa shape index (κ1) is 20.4. The Morgan fingerprint density at radius 2 is 2.11 bits per heavy atom. The van der Waals surface area contributed by atoms with Crippen LogP contribution in [0.3, 0.4) is 0 Å². The highest BCUT2D eigenvalue weighted by atomic mass is 32.2. The van der Waals surface area contributed by atoms with Gasteiger partial charge >= 0.3 is 6.18 Å². The molecule has 0 fully saturated rings. The molecule has 1 amide bonds. The highest BCUT2D eigenvalue weighted by molar-refractivity contribution is 7.89. The number of anilines is 1. The molecule has 0 spiro atoms. The number of nitrogens with zero attached hydrogens (tertiary/aromatic N) is 3. The number of aliphatic hydroxyl groups is 1. The van der Waals surface area contributed by atoms with E-state index in [1.807, 2.05) is 0 Å². The van der Waals surface area contributed by atoms with Crippen LogP contribution in [0.25, 0.3) is 0 Å². The summed E-state index contributed by atoms with van der Waals surface area (Å²) in [6.07, 6.45) is -4.65. The molecule has 0 saturated heterocycles. The van der Waals surface area contributed by atoms with E-state index in [1.165, 1.54) is 6.07 Å². The molecule has 1 heterocycles. The summed E-state index contributed by atoms with van der Waals surface area (Å²) in [5, 5.41) is 29.2. The molecule has 144 valence electrons. The topological polar surface area (TPSA) is 151 Å². The second-order valence-corrected chi connectivity index (χ2v) is 6.88. The number of aliphatic hydroxyl groups excluding tert-OH is 1. The molecular weight excluding hydrogens is 391 g/mol. The number of sulfonamides is 1. The lowest BCUT2D eigenvalue weighted by Crippen LogP contribution is -2.32. The standard InChI is InChI=1S/C14H12F3N5O4S/c15-14(16,17)11-3-9(2-1-8(11)4-18)21-13(24)12(23)7-22-6-10(5-20-22)27(19,25)26/h1-3,5-6,12,23H,7H2,(H,21,24)(H2,19,25,26). The van der Waals surface area contributed by atoms with Crippen molar-refractivity contribution in [2.45, 2.75) is 23.7 Å². The molecular formula is C14H12F3N5O4S. The first-order chi connectivity index (χ1) is 12.4. The first-order valence-electron chi connectivity index (χ1n) is 7.07. The Balaban J connectivity index is 2.13. The maximum absolute atomic E-state index is 12.9. The number of nitrogens with one attached hydrogen (secondary N) is 1. The minimum Gasteiger partial charge on any atom is -0.381 e. The van der Waals surface area contributed by atoms with E-state index in [4.69, 9.17) is 10.4 Å². The number of alkyl halides is 3. The number of rotatable bonds is 5. The zero-order chi connectivity index (χ0) is 20.4. The molecule has 1 aromatic carbocycles. The molecule has 0 bridgehead atoms. The molecule has 9 nitrogen and oxygen atoms in total. The van der Waals surface area contributed by atoms with Gasteiger partial charge in [0.25, 0.3) is 5.91 Å². The third kappa shape index (κ3) is 5.03. The molecule has 0 aliphatic carbocycles. The number of carbonyl (C=O) groups is 1. The van der Waals surface area contributed by atoms with Gasteiger partial charge in [-0.05, 0) is 18.2 Å². The molecule has 2 aromatic rings. The second kappa shape index (κ2) is 7.35. The minimum absolute atomic E-state index is 0.281. The molecule has 0 radical (unpaired) electrons. The van der Waals surface area contributed by atoms with Crippen LogP contribution in [0.2, 0.25) is 0 Å². The van der Waals surface area contributed by atoms with Crippen LogP contribution in [0.1, 0.15) is 11.1 Å². The van der Waals surface area contributed by atoms with Gasteiger partial charge in [0.15, 0.2) is 6.10 Å². The fourth-order valence-electron chi connectivity index (χ4n) is 2.03. The molecule has 0 aliphatic heterocycles. The van der Waals surface area contributed by atoms with Crippen molar-refractivity contribution in [2.75, 3.05) is 5.32 Å². The predicted molar refractivity (Wildman–Crippen MR) is 84.4 cm³/mol. The average molecular weight is 403 g/mol. The minimum atomic E-state index is -4.80. The van der Waals surface area contributed by atoms with Crippen LogP contribution in [-0.4, -0.2) is 35.3 Å². The Bertz CT molecular complexity index is 1010. The van der Waals surface area contributed by atoms with E-state index in [0.29, 0.717) is 6.07 Å². The van der Waals surface area contributed by atoms with Crippen LogP contribution in [0.15, 0.2) is 35.5 Å². The van der Waals surface area contributed by atoms with Gasteiger partial charge in [-0.2, -0.15) is 23.5 Å².